The van der Waals surface area contributed by atoms with E-state index in [0.717, 1.165) is 7.11 Å². The van der Waals surface area contributed by atoms with Crippen LogP contribution < -0.4 is 0 Å². The average Bonchev–Trinajstić information content (AvgIpc) is 3.28. The van der Waals surface area contributed by atoms with Crippen molar-refractivity contribution in [2.45, 2.75) is 96.7 Å². The number of ketones is 1. The number of allylic oxidation sites excluding steroid dienone is 2. The Hall–Kier alpha value is -3.36. The maximum atomic E-state index is 13.7. The number of ether oxygens (including phenoxy) is 6. The summed E-state index contributed by atoms with van der Waals surface area (Å²) < 4.78 is 33.2. The highest BCUT2D eigenvalue weighted by Gasteiger charge is 2.85. The van der Waals surface area contributed by atoms with Crippen LogP contribution in [0.1, 0.15) is 66.7 Å². The highest BCUT2D eigenvalue weighted by Crippen LogP contribution is 2.72. The third-order valence-electron chi connectivity index (χ3n) is 10.7. The van der Waals surface area contributed by atoms with Crippen molar-refractivity contribution in [1.82, 2.24) is 0 Å². The molecule has 46 heavy (non-hydrogen) atoms. The smallest absolute Gasteiger partial charge is 0.348 e. The molecule has 2 aliphatic heterocycles. The Labute approximate surface area is 266 Å². The average molecular weight is 651 g/mol. The molecule has 0 aromatic rings. The van der Waals surface area contributed by atoms with Gasteiger partial charge < -0.3 is 38.6 Å². The summed E-state index contributed by atoms with van der Waals surface area (Å²) in [6.45, 7) is 8.48. The van der Waals surface area contributed by atoms with Crippen molar-refractivity contribution in [3.63, 3.8) is 0 Å². The van der Waals surface area contributed by atoms with Crippen molar-refractivity contribution < 1.29 is 67.4 Å². The van der Waals surface area contributed by atoms with Crippen LogP contribution in [0.2, 0.25) is 0 Å². The molecule has 14 nitrogen and oxygen atoms in total. The van der Waals surface area contributed by atoms with Crippen LogP contribution in [0.25, 0.3) is 0 Å². The van der Waals surface area contributed by atoms with Crippen molar-refractivity contribution >= 4 is 35.6 Å². The van der Waals surface area contributed by atoms with Gasteiger partial charge in [0.05, 0.1) is 45.2 Å². The summed E-state index contributed by atoms with van der Waals surface area (Å²) in [6.07, 6.45) is -6.98. The lowest BCUT2D eigenvalue weighted by molar-refractivity contribution is -0.290. The summed E-state index contributed by atoms with van der Waals surface area (Å²) >= 11 is 0. The van der Waals surface area contributed by atoms with Crippen molar-refractivity contribution in [2.75, 3.05) is 20.3 Å². The number of carbonyl (C=O) groups excluding carboxylic acids is 6. The second kappa shape index (κ2) is 12.0. The lowest BCUT2D eigenvalue weighted by atomic mass is 9.38. The summed E-state index contributed by atoms with van der Waals surface area (Å²) in [5, 5.41) is 23.6. The molecule has 2 heterocycles. The molecule has 4 fully saturated rings. The third-order valence-corrected chi connectivity index (χ3v) is 10.7. The third kappa shape index (κ3) is 4.86. The molecule has 5 aliphatic rings. The minimum absolute atomic E-state index is 0.0345. The number of fused-ring (bicyclic) bond motifs is 2. The number of hydrogen-bond acceptors (Lipinski definition) is 14. The van der Waals surface area contributed by atoms with Gasteiger partial charge in [-0.1, -0.05) is 20.8 Å². The normalized spacial score (nSPS) is 39.2. The van der Waals surface area contributed by atoms with Gasteiger partial charge in [-0.05, 0) is 43.1 Å². The molecule has 2 saturated carbocycles. The molecule has 3 aliphatic carbocycles. The zero-order valence-electron chi connectivity index (χ0n) is 26.9. The van der Waals surface area contributed by atoms with Gasteiger partial charge in [-0.2, -0.15) is 0 Å². The molecule has 1 spiro atoms. The van der Waals surface area contributed by atoms with Crippen LogP contribution >= 0.6 is 0 Å². The molecule has 0 aromatic heterocycles. The van der Waals surface area contributed by atoms with E-state index in [9.17, 15) is 39.0 Å². The van der Waals surface area contributed by atoms with Crippen LogP contribution in [0.15, 0.2) is 11.3 Å². The van der Waals surface area contributed by atoms with Crippen molar-refractivity contribution in [1.29, 1.82) is 0 Å². The molecule has 5 rings (SSSR count). The number of aliphatic hydroxyl groups is 2. The Bertz CT molecular complexity index is 1370. The first-order valence-electron chi connectivity index (χ1n) is 15.7. The number of carbonyl (C=O) groups is 6. The topological polar surface area (TPSA) is 198 Å². The van der Waals surface area contributed by atoms with E-state index in [-0.39, 0.29) is 57.0 Å². The maximum Gasteiger partial charge on any atom is 0.348 e. The zero-order chi connectivity index (χ0) is 33.9. The number of esters is 5. The highest BCUT2D eigenvalue weighted by atomic mass is 16.6. The fraction of sp³-hybridized carbons (Fsp3) is 0.750. The highest BCUT2D eigenvalue weighted by molar-refractivity contribution is 5.98. The van der Waals surface area contributed by atoms with Gasteiger partial charge in [-0.3, -0.25) is 19.2 Å². The lowest BCUT2D eigenvalue weighted by Crippen LogP contribution is -2.79. The molecule has 0 unspecified atom stereocenters. The first-order valence-corrected chi connectivity index (χ1v) is 15.7. The first-order chi connectivity index (χ1) is 21.6. The summed E-state index contributed by atoms with van der Waals surface area (Å²) in [7, 11) is 1.08. The van der Waals surface area contributed by atoms with Gasteiger partial charge in [0.1, 0.15) is 12.2 Å². The maximum absolute atomic E-state index is 13.7. The fourth-order valence-electron chi connectivity index (χ4n) is 9.11. The quantitative estimate of drug-likeness (QED) is 0.264. The SMILES string of the molecule is CCOC(=O)CCC(=O)OC1=C(C)[C@@H]2C[C@H]3OC(=O)[C@H](OC(=O)CC(C)C)[C@H]4[C@]5(C(=O)OC)OC[C@]34[C@H]([C@@H](O)[C@@H]5O)[C@@]2(C)CC1=O. The molecular formula is C32H42O14. The van der Waals surface area contributed by atoms with Crippen LogP contribution in [0.5, 0.6) is 0 Å². The van der Waals surface area contributed by atoms with E-state index in [4.69, 9.17) is 28.4 Å². The Kier molecular flexibility index (Phi) is 8.88. The van der Waals surface area contributed by atoms with Gasteiger partial charge >= 0.3 is 29.8 Å². The second-order valence-corrected chi connectivity index (χ2v) is 13.7. The van der Waals surface area contributed by atoms with Gasteiger partial charge in [-0.15, -0.1) is 0 Å². The Morgan fingerprint density at radius 2 is 1.72 bits per heavy atom. The van der Waals surface area contributed by atoms with E-state index in [1.807, 2.05) is 0 Å². The number of hydrogen-bond donors (Lipinski definition) is 2. The lowest BCUT2D eigenvalue weighted by Gasteiger charge is -2.67. The molecule has 2 saturated heterocycles. The zero-order valence-corrected chi connectivity index (χ0v) is 26.9. The van der Waals surface area contributed by atoms with Gasteiger partial charge in [0.15, 0.2) is 11.5 Å². The first kappa shape index (κ1) is 34.0. The minimum Gasteiger partial charge on any atom is -0.467 e. The molecular weight excluding hydrogens is 608 g/mol. The van der Waals surface area contributed by atoms with E-state index < -0.39 is 94.2 Å². The monoisotopic (exact) mass is 650 g/mol. The Balaban J connectivity index is 1.57. The Morgan fingerprint density at radius 3 is 2.35 bits per heavy atom. The van der Waals surface area contributed by atoms with Crippen LogP contribution in [0.3, 0.4) is 0 Å². The van der Waals surface area contributed by atoms with Gasteiger partial charge in [0, 0.05) is 24.2 Å². The molecule has 0 amide bonds. The summed E-state index contributed by atoms with van der Waals surface area (Å²) in [6, 6.07) is 0. The van der Waals surface area contributed by atoms with Crippen LogP contribution in [0, 0.1) is 34.5 Å². The molecule has 0 aromatic carbocycles. The van der Waals surface area contributed by atoms with Gasteiger partial charge in [0.25, 0.3) is 0 Å². The number of methoxy groups -OCH3 is 1. The van der Waals surface area contributed by atoms with Crippen LogP contribution in [-0.2, 0) is 57.2 Å². The standard InChI is InChI=1S/C32H42O14/c1-7-42-19(34)8-9-20(35)45-23-15(4)16-11-18-31-13-43-32(29(40)41-6,27(38)22(37)25(31)30(16,5)12-17(23)33)26(31)24(28(39)44-18)46-21(36)10-14(2)3/h14,16,18,22,24-27,37-38H,7-13H2,1-6H3/t16-,18+,22+,24+,25+,26+,27-,30-,31+,32-/m0/s1. The summed E-state index contributed by atoms with van der Waals surface area (Å²) in [4.78, 5) is 78.1. The molecule has 0 radical (unpaired) electrons. The van der Waals surface area contributed by atoms with Gasteiger partial charge in [0.2, 0.25) is 11.7 Å². The van der Waals surface area contributed by atoms with Gasteiger partial charge in [-0.25, -0.2) is 9.59 Å². The van der Waals surface area contributed by atoms with Crippen molar-refractivity contribution in [3.8, 4) is 0 Å². The molecule has 10 atom stereocenters. The number of aliphatic hydroxyl groups excluding tert-OH is 2. The number of Topliss-reactive ketones (excluding diaryl/α,β-unsaturated/α-hetero) is 1. The van der Waals surface area contributed by atoms with Crippen molar-refractivity contribution in [2.24, 2.45) is 34.5 Å². The van der Waals surface area contributed by atoms with Crippen molar-refractivity contribution in [3.05, 3.63) is 11.3 Å². The molecule has 254 valence electrons. The summed E-state index contributed by atoms with van der Waals surface area (Å²) in [5.74, 6) is -7.84. The molecule has 2 N–H and O–H groups in total. The number of rotatable bonds is 9. The van der Waals surface area contributed by atoms with E-state index in [1.165, 1.54) is 0 Å². The summed E-state index contributed by atoms with van der Waals surface area (Å²) in [5.41, 5.74) is -4.38. The Morgan fingerprint density at radius 1 is 1.04 bits per heavy atom. The molecule has 14 heteroatoms. The van der Waals surface area contributed by atoms with E-state index in [1.54, 1.807) is 34.6 Å². The van der Waals surface area contributed by atoms with E-state index in [0.29, 0.717) is 5.57 Å². The van der Waals surface area contributed by atoms with E-state index >= 15 is 0 Å². The predicted octanol–water partition coefficient (Wildman–Crippen LogP) is 0.925. The fourth-order valence-corrected chi connectivity index (χ4v) is 9.11. The van der Waals surface area contributed by atoms with E-state index in [2.05, 4.69) is 0 Å². The largest absolute Gasteiger partial charge is 0.467 e. The van der Waals surface area contributed by atoms with Crippen LogP contribution in [0.4, 0.5) is 0 Å². The minimum atomic E-state index is -2.27. The predicted molar refractivity (Wildman–Crippen MR) is 152 cm³/mol. The molecule has 2 bridgehead atoms. The van der Waals surface area contributed by atoms with Crippen LogP contribution in [-0.4, -0.2) is 96.2 Å². The second-order valence-electron chi connectivity index (χ2n) is 13.7.